The normalized spacial score (nSPS) is 11.7. The molecule has 1 rings (SSSR count). The molecule has 0 amide bonds. The molecule has 0 unspecified atom stereocenters. The van der Waals surface area contributed by atoms with Crippen molar-refractivity contribution in [3.63, 3.8) is 0 Å². The molecule has 5 heteroatoms. The fourth-order valence-corrected chi connectivity index (χ4v) is 1.58. The van der Waals surface area contributed by atoms with E-state index in [0.717, 1.165) is 24.5 Å². The molecule has 0 atom stereocenters. The van der Waals surface area contributed by atoms with Gasteiger partial charge >= 0.3 is 6.01 Å². The third-order valence-corrected chi connectivity index (χ3v) is 2.90. The Labute approximate surface area is 95.2 Å². The van der Waals surface area contributed by atoms with E-state index in [0.29, 0.717) is 6.01 Å². The largest absolute Gasteiger partial charge is 0.338 e. The van der Waals surface area contributed by atoms with E-state index in [1.807, 2.05) is 11.8 Å². The lowest BCUT2D eigenvalue weighted by Gasteiger charge is -2.15. The summed E-state index contributed by atoms with van der Waals surface area (Å²) in [5, 5.41) is 6.97. The van der Waals surface area contributed by atoms with Crippen molar-refractivity contribution in [2.45, 2.75) is 44.6 Å². The fraction of sp³-hybridized carbons (Fsp3) is 0.800. The molecule has 0 bridgehead atoms. The van der Waals surface area contributed by atoms with Crippen LogP contribution in [0.5, 0.6) is 0 Å². The molecule has 0 aliphatic heterocycles. The Kier molecular flexibility index (Phi) is 4.45. The molecule has 0 radical (unpaired) electrons. The van der Waals surface area contributed by atoms with Gasteiger partial charge in [0.2, 0.25) is 0 Å². The van der Waals surface area contributed by atoms with E-state index >= 15 is 0 Å². The van der Waals surface area contributed by atoms with Crippen LogP contribution in [0.2, 0.25) is 0 Å². The van der Waals surface area contributed by atoms with Crippen LogP contribution in [0.1, 0.15) is 39.9 Å². The monoisotopic (exact) mass is 229 g/mol. The van der Waals surface area contributed by atoms with Crippen LogP contribution in [0.3, 0.4) is 0 Å². The number of hydrogen-bond donors (Lipinski definition) is 1. The molecule has 0 saturated heterocycles. The van der Waals surface area contributed by atoms with Crippen LogP contribution >= 0.6 is 11.8 Å². The van der Waals surface area contributed by atoms with Gasteiger partial charge in [0.05, 0.1) is 5.75 Å². The van der Waals surface area contributed by atoms with Crippen molar-refractivity contribution < 1.29 is 4.52 Å². The van der Waals surface area contributed by atoms with Gasteiger partial charge in [-0.1, -0.05) is 32.9 Å². The van der Waals surface area contributed by atoms with E-state index in [1.54, 1.807) is 0 Å². The number of thioether (sulfide) groups is 1. The molecule has 0 fully saturated rings. The van der Waals surface area contributed by atoms with Crippen LogP contribution in [0.25, 0.3) is 0 Å². The molecule has 1 aromatic rings. The summed E-state index contributed by atoms with van der Waals surface area (Å²) in [6.07, 6.45) is 1.05. The van der Waals surface area contributed by atoms with Crippen LogP contribution in [-0.4, -0.2) is 21.4 Å². The van der Waals surface area contributed by atoms with Crippen LogP contribution in [0.15, 0.2) is 4.52 Å². The van der Waals surface area contributed by atoms with Crippen molar-refractivity contribution in [3.8, 4) is 0 Å². The second kappa shape index (κ2) is 5.39. The third-order valence-electron chi connectivity index (χ3n) is 1.63. The van der Waals surface area contributed by atoms with Gasteiger partial charge in [-0.25, -0.2) is 0 Å². The molecule has 0 aromatic carbocycles. The maximum Gasteiger partial charge on any atom is 0.321 e. The minimum atomic E-state index is 0.234. The minimum absolute atomic E-state index is 0.234. The van der Waals surface area contributed by atoms with Crippen molar-refractivity contribution in [2.24, 2.45) is 0 Å². The van der Waals surface area contributed by atoms with E-state index in [9.17, 15) is 0 Å². The van der Waals surface area contributed by atoms with Gasteiger partial charge in [-0.3, -0.25) is 0 Å². The zero-order valence-electron chi connectivity index (χ0n) is 9.83. The van der Waals surface area contributed by atoms with E-state index in [4.69, 9.17) is 4.52 Å². The number of aromatic nitrogens is 2. The molecule has 1 heterocycles. The number of rotatable bonds is 5. The molecule has 0 saturated carbocycles. The highest BCUT2D eigenvalue weighted by molar-refractivity contribution is 7.99. The Balaban J connectivity index is 2.39. The van der Waals surface area contributed by atoms with Gasteiger partial charge in [-0.05, 0) is 6.42 Å². The molecular formula is C10H19N3OS. The van der Waals surface area contributed by atoms with E-state index in [2.05, 4.69) is 43.2 Å². The molecule has 0 spiro atoms. The van der Waals surface area contributed by atoms with E-state index in [-0.39, 0.29) is 4.75 Å². The first-order valence-electron chi connectivity index (χ1n) is 5.21. The first kappa shape index (κ1) is 12.4. The lowest BCUT2D eigenvalue weighted by molar-refractivity contribution is 0.425. The number of anilines is 1. The smallest absolute Gasteiger partial charge is 0.321 e. The lowest BCUT2D eigenvalue weighted by atomic mass is 10.3. The Morgan fingerprint density at radius 3 is 2.73 bits per heavy atom. The highest BCUT2D eigenvalue weighted by Gasteiger charge is 2.13. The highest BCUT2D eigenvalue weighted by atomic mass is 32.2. The van der Waals surface area contributed by atoms with Gasteiger partial charge < -0.3 is 9.84 Å². The topological polar surface area (TPSA) is 51.0 Å². The van der Waals surface area contributed by atoms with Crippen molar-refractivity contribution >= 4 is 17.8 Å². The van der Waals surface area contributed by atoms with Gasteiger partial charge in [0, 0.05) is 11.3 Å². The quantitative estimate of drug-likeness (QED) is 0.841. The van der Waals surface area contributed by atoms with Gasteiger partial charge in [0.15, 0.2) is 5.82 Å². The predicted octanol–water partition coefficient (Wildman–Crippen LogP) is 2.92. The maximum absolute atomic E-state index is 5.05. The molecule has 1 aromatic heterocycles. The Morgan fingerprint density at radius 1 is 1.40 bits per heavy atom. The first-order valence-corrected chi connectivity index (χ1v) is 6.20. The van der Waals surface area contributed by atoms with Gasteiger partial charge in [0.25, 0.3) is 0 Å². The van der Waals surface area contributed by atoms with E-state index < -0.39 is 0 Å². The molecule has 86 valence electrons. The number of nitrogens with one attached hydrogen (secondary N) is 1. The summed E-state index contributed by atoms with van der Waals surface area (Å²) in [6.45, 7) is 9.49. The summed E-state index contributed by atoms with van der Waals surface area (Å²) in [7, 11) is 0. The zero-order valence-corrected chi connectivity index (χ0v) is 10.6. The zero-order chi connectivity index (χ0) is 11.3. The molecule has 0 aliphatic carbocycles. The fourth-order valence-electron chi connectivity index (χ4n) is 0.897. The summed E-state index contributed by atoms with van der Waals surface area (Å²) in [4.78, 5) is 4.24. The van der Waals surface area contributed by atoms with E-state index in [1.165, 1.54) is 0 Å². The third kappa shape index (κ3) is 5.06. The highest BCUT2D eigenvalue weighted by Crippen LogP contribution is 2.26. The van der Waals surface area contributed by atoms with Crippen molar-refractivity contribution in [1.29, 1.82) is 0 Å². The SMILES string of the molecule is CCCNc1nc(CSC(C)(C)C)no1. The summed E-state index contributed by atoms with van der Waals surface area (Å²) >= 11 is 1.81. The Bertz CT molecular complexity index is 293. The molecular weight excluding hydrogens is 210 g/mol. The minimum Gasteiger partial charge on any atom is -0.338 e. The van der Waals surface area contributed by atoms with Gasteiger partial charge in [-0.15, -0.1) is 11.8 Å². The number of nitrogens with zero attached hydrogens (tertiary/aromatic N) is 2. The standard InChI is InChI=1S/C10H19N3OS/c1-5-6-11-9-12-8(13-14-9)7-15-10(2,3)4/h5-7H2,1-4H3,(H,11,12,13). The second-order valence-corrected chi connectivity index (χ2v) is 6.15. The van der Waals surface area contributed by atoms with Crippen LogP contribution in [-0.2, 0) is 5.75 Å². The summed E-state index contributed by atoms with van der Waals surface area (Å²) in [5.74, 6) is 1.55. The number of hydrogen-bond acceptors (Lipinski definition) is 5. The average Bonchev–Trinajstić information content (AvgIpc) is 2.58. The molecule has 15 heavy (non-hydrogen) atoms. The lowest BCUT2D eigenvalue weighted by Crippen LogP contribution is -2.07. The molecule has 0 aliphatic rings. The predicted molar refractivity (Wildman–Crippen MR) is 64.1 cm³/mol. The second-order valence-electron chi connectivity index (χ2n) is 4.34. The first-order chi connectivity index (χ1) is 7.01. The van der Waals surface area contributed by atoms with Crippen LogP contribution < -0.4 is 5.32 Å². The Morgan fingerprint density at radius 2 is 2.13 bits per heavy atom. The van der Waals surface area contributed by atoms with Gasteiger partial charge in [-0.2, -0.15) is 4.98 Å². The summed E-state index contributed by atoms with van der Waals surface area (Å²) in [5.41, 5.74) is 0. The summed E-state index contributed by atoms with van der Waals surface area (Å²) in [6, 6.07) is 0.529. The molecule has 4 nitrogen and oxygen atoms in total. The van der Waals surface area contributed by atoms with Crippen molar-refractivity contribution in [3.05, 3.63) is 5.82 Å². The Hall–Kier alpha value is -0.710. The maximum atomic E-state index is 5.05. The molecule has 1 N–H and O–H groups in total. The summed E-state index contributed by atoms with van der Waals surface area (Å²) < 4.78 is 5.28. The average molecular weight is 229 g/mol. The van der Waals surface area contributed by atoms with Crippen LogP contribution in [0, 0.1) is 0 Å². The van der Waals surface area contributed by atoms with Crippen molar-refractivity contribution in [2.75, 3.05) is 11.9 Å². The van der Waals surface area contributed by atoms with Gasteiger partial charge in [0.1, 0.15) is 0 Å². The van der Waals surface area contributed by atoms with Crippen molar-refractivity contribution in [1.82, 2.24) is 10.1 Å². The van der Waals surface area contributed by atoms with Crippen LogP contribution in [0.4, 0.5) is 6.01 Å².